The molecule has 0 aliphatic carbocycles. The topological polar surface area (TPSA) is 64.0 Å². The second-order valence-corrected chi connectivity index (χ2v) is 0.612. The van der Waals surface area contributed by atoms with Crippen LogP contribution in [0.15, 0.2) is 0 Å². The molecule has 0 radical (unpaired) electrons. The molecule has 0 amide bonds. The van der Waals surface area contributed by atoms with Gasteiger partial charge in [-0.3, -0.25) is 0 Å². The maximum absolute atomic E-state index is 5.50. The first-order chi connectivity index (χ1) is 2.50. The number of ether oxygens (including phenoxy) is 1. The van der Waals surface area contributed by atoms with Gasteiger partial charge < -0.3 is 16.4 Å². The fourth-order valence-electron chi connectivity index (χ4n) is 0. The zero-order chi connectivity index (χ0) is 4.12. The lowest BCUT2D eigenvalue weighted by Gasteiger charge is -1.45. The van der Waals surface area contributed by atoms with Crippen molar-refractivity contribution < 1.29 is 10.6 Å². The summed E-state index contributed by atoms with van der Waals surface area (Å²) in [5, 5.41) is 0. The van der Waals surface area contributed by atoms with E-state index in [1.807, 2.05) is 0 Å². The number of hydrogen-bond donors (Lipinski definition) is 1. The molecule has 0 atom stereocenters. The molecule has 1 heterocycles. The molecular formula is C2H8N2O. The average Bonchev–Trinajstić information content (AvgIpc) is 2.19. The van der Waals surface area contributed by atoms with Gasteiger partial charge >= 0.3 is 0 Å². The van der Waals surface area contributed by atoms with Crippen molar-refractivity contribution in [1.29, 1.82) is 0 Å². The molecule has 0 aromatic heterocycles. The Balaban J connectivity index is 0.0000000733. The van der Waals surface area contributed by atoms with Gasteiger partial charge in [-0.15, -0.1) is 0 Å². The first-order valence-corrected chi connectivity index (χ1v) is 1.43. The third-order valence-corrected chi connectivity index (χ3v) is 0.204. The summed E-state index contributed by atoms with van der Waals surface area (Å²) in [7, 11) is 0. The van der Waals surface area contributed by atoms with E-state index in [2.05, 4.69) is 10.6 Å². The zero-order valence-corrected chi connectivity index (χ0v) is 3.03. The van der Waals surface area contributed by atoms with Crippen LogP contribution >= 0.6 is 0 Å². The summed E-state index contributed by atoms with van der Waals surface area (Å²) >= 11 is 0. The predicted octanol–water partition coefficient (Wildman–Crippen LogP) is -0.788. The van der Waals surface area contributed by atoms with Crippen molar-refractivity contribution in [2.75, 3.05) is 13.2 Å². The van der Waals surface area contributed by atoms with Crippen LogP contribution in [0.3, 0.4) is 0 Å². The molecule has 1 saturated heterocycles. The first-order valence-electron chi connectivity index (χ1n) is 1.43. The van der Waals surface area contributed by atoms with Crippen LogP contribution in [0.2, 0.25) is 0 Å². The van der Waals surface area contributed by atoms with Gasteiger partial charge in [0.2, 0.25) is 0 Å². The Morgan fingerprint density at radius 1 is 1.40 bits per heavy atom. The maximum Gasteiger partial charge on any atom is 0.0701 e. The molecule has 4 N–H and O–H groups in total. The highest BCUT2D eigenvalue weighted by molar-refractivity contribution is 4.36. The molecule has 1 aliphatic heterocycles. The number of rotatable bonds is 0. The molecule has 1 fully saturated rings. The second kappa shape index (κ2) is 3.88. The zero-order valence-electron chi connectivity index (χ0n) is 3.03. The summed E-state index contributed by atoms with van der Waals surface area (Å²) in [4.78, 5) is 0. The Morgan fingerprint density at radius 2 is 1.60 bits per heavy atom. The van der Waals surface area contributed by atoms with Crippen molar-refractivity contribution in [2.45, 2.75) is 0 Å². The molecule has 0 saturated carbocycles. The molecule has 0 spiro atoms. The largest absolute Gasteiger partial charge is 0.473 e. The van der Waals surface area contributed by atoms with E-state index in [0.29, 0.717) is 0 Å². The summed E-state index contributed by atoms with van der Waals surface area (Å²) in [6, 6.07) is 0. The molecule has 0 unspecified atom stereocenters. The van der Waals surface area contributed by atoms with E-state index in [9.17, 15) is 0 Å². The van der Waals surface area contributed by atoms with E-state index < -0.39 is 0 Å². The molecule has 0 aromatic carbocycles. The normalized spacial score (nSPS) is 15.6. The minimum Gasteiger partial charge on any atom is -0.473 e. The van der Waals surface area contributed by atoms with Crippen LogP contribution in [-0.4, -0.2) is 13.2 Å². The molecule has 32 valence electrons. The Labute approximate surface area is 30.9 Å². The van der Waals surface area contributed by atoms with Crippen molar-refractivity contribution in [3.63, 3.8) is 0 Å². The van der Waals surface area contributed by atoms with Crippen LogP contribution in [0.25, 0.3) is 5.84 Å². The third kappa shape index (κ3) is 17.7. The minimum atomic E-state index is 1.00. The van der Waals surface area contributed by atoms with E-state index in [-0.39, 0.29) is 0 Å². The van der Waals surface area contributed by atoms with Crippen LogP contribution in [-0.2, 0) is 4.74 Å². The summed E-state index contributed by atoms with van der Waals surface area (Å²) < 4.78 is 4.50. The SMILES string of the molecule is C1CO1.[NH-][NH3+]. The maximum atomic E-state index is 5.50. The lowest BCUT2D eigenvalue weighted by Crippen LogP contribution is -2.33. The number of nitrogens with one attached hydrogen (secondary N) is 1. The molecule has 0 bridgehead atoms. The Bertz CT molecular complexity index is 12.4. The Hall–Kier alpha value is -0.120. The van der Waals surface area contributed by atoms with Crippen LogP contribution in [0, 0.1) is 0 Å². The number of hydrogen-bond acceptors (Lipinski definition) is 1. The van der Waals surface area contributed by atoms with E-state index in [0.717, 1.165) is 13.2 Å². The average molecular weight is 76.1 g/mol. The predicted molar refractivity (Wildman–Crippen MR) is 18.0 cm³/mol. The van der Waals surface area contributed by atoms with Gasteiger partial charge in [-0.05, 0) is 0 Å². The van der Waals surface area contributed by atoms with Gasteiger partial charge in [0.1, 0.15) is 0 Å². The minimum absolute atomic E-state index is 1.00. The van der Waals surface area contributed by atoms with E-state index in [1.165, 1.54) is 0 Å². The van der Waals surface area contributed by atoms with Gasteiger partial charge in [-0.1, -0.05) is 0 Å². The summed E-state index contributed by atoms with van der Waals surface area (Å²) in [5.41, 5.74) is 0. The first kappa shape index (κ1) is 4.88. The van der Waals surface area contributed by atoms with Crippen molar-refractivity contribution in [3.8, 4) is 0 Å². The Morgan fingerprint density at radius 3 is 1.60 bits per heavy atom. The van der Waals surface area contributed by atoms with Crippen LogP contribution < -0.4 is 5.84 Å². The highest BCUT2D eigenvalue weighted by atomic mass is 16.6. The lowest BCUT2D eigenvalue weighted by molar-refractivity contribution is -0.275. The van der Waals surface area contributed by atoms with Crippen molar-refractivity contribution >= 4 is 0 Å². The standard InChI is InChI=1S/C2H4O.H4N2/c1-2-3-1;1-2/h1-2H2;1H,2H3. The van der Waals surface area contributed by atoms with E-state index >= 15 is 0 Å². The van der Waals surface area contributed by atoms with Crippen molar-refractivity contribution in [2.24, 2.45) is 0 Å². The van der Waals surface area contributed by atoms with Crippen molar-refractivity contribution in [3.05, 3.63) is 5.84 Å². The monoisotopic (exact) mass is 76.1 g/mol. The molecule has 3 nitrogen and oxygen atoms in total. The van der Waals surface area contributed by atoms with Crippen LogP contribution in [0.1, 0.15) is 0 Å². The van der Waals surface area contributed by atoms with Gasteiger partial charge in [0.15, 0.2) is 0 Å². The summed E-state index contributed by atoms with van der Waals surface area (Å²) in [6.45, 7) is 2.00. The van der Waals surface area contributed by atoms with Gasteiger partial charge in [0, 0.05) is 0 Å². The van der Waals surface area contributed by atoms with Gasteiger partial charge in [0.25, 0.3) is 0 Å². The molecule has 1 rings (SSSR count). The smallest absolute Gasteiger partial charge is 0.0701 e. The van der Waals surface area contributed by atoms with Crippen molar-refractivity contribution in [1.82, 2.24) is 0 Å². The molecule has 3 heteroatoms. The van der Waals surface area contributed by atoms with Gasteiger partial charge in [0.05, 0.1) is 13.2 Å². The second-order valence-electron chi connectivity index (χ2n) is 0.612. The number of quaternary nitrogens is 1. The fourth-order valence-corrected chi connectivity index (χ4v) is 0. The van der Waals surface area contributed by atoms with Crippen LogP contribution in [0.4, 0.5) is 0 Å². The highest BCUT2D eigenvalue weighted by Gasteiger charge is 1.94. The number of epoxide rings is 1. The third-order valence-electron chi connectivity index (χ3n) is 0.204. The lowest BCUT2D eigenvalue weighted by atomic mass is 11.0. The van der Waals surface area contributed by atoms with Gasteiger partial charge in [-0.2, -0.15) is 0 Å². The molecular weight excluding hydrogens is 68.0 g/mol. The highest BCUT2D eigenvalue weighted by Crippen LogP contribution is 1.84. The van der Waals surface area contributed by atoms with E-state index in [4.69, 9.17) is 5.84 Å². The Kier molecular flexibility index (Phi) is 3.79. The van der Waals surface area contributed by atoms with E-state index in [1.54, 1.807) is 0 Å². The molecule has 1 aliphatic rings. The quantitative estimate of drug-likeness (QED) is 0.298. The summed E-state index contributed by atoms with van der Waals surface area (Å²) in [5.74, 6) is 8.00. The summed E-state index contributed by atoms with van der Waals surface area (Å²) in [6.07, 6.45) is 0. The van der Waals surface area contributed by atoms with Gasteiger partial charge in [-0.25, -0.2) is 0 Å². The fraction of sp³-hybridized carbons (Fsp3) is 1.00. The molecule has 0 aromatic rings. The van der Waals surface area contributed by atoms with Crippen LogP contribution in [0.5, 0.6) is 0 Å². The molecule has 5 heavy (non-hydrogen) atoms.